The summed E-state index contributed by atoms with van der Waals surface area (Å²) in [4.78, 5) is 11.6. The van der Waals surface area contributed by atoms with Crippen molar-refractivity contribution >= 4 is 5.91 Å². The summed E-state index contributed by atoms with van der Waals surface area (Å²) in [5, 5.41) is 6.13. The molecule has 7 heteroatoms. The minimum absolute atomic E-state index is 0.0131. The average molecular weight is 388 g/mol. The third-order valence-electron chi connectivity index (χ3n) is 4.52. The molecule has 1 aliphatic rings. The molecule has 0 aromatic heterocycles. The van der Waals surface area contributed by atoms with Crippen LogP contribution in [0, 0.1) is 5.82 Å². The summed E-state index contributed by atoms with van der Waals surface area (Å²) >= 11 is 0. The van der Waals surface area contributed by atoms with E-state index in [4.69, 9.17) is 14.2 Å². The van der Waals surface area contributed by atoms with E-state index in [1.165, 1.54) is 12.1 Å². The zero-order chi connectivity index (χ0) is 19.9. The largest absolute Gasteiger partial charge is 0.493 e. The highest BCUT2D eigenvalue weighted by atomic mass is 19.1. The van der Waals surface area contributed by atoms with Crippen molar-refractivity contribution in [1.82, 2.24) is 10.6 Å². The van der Waals surface area contributed by atoms with E-state index in [1.807, 2.05) is 19.1 Å². The highest BCUT2D eigenvalue weighted by Gasteiger charge is 2.21. The second kappa shape index (κ2) is 9.41. The number of ether oxygens (including phenoxy) is 3. The number of carbonyl (C=O) groups is 1. The van der Waals surface area contributed by atoms with E-state index in [1.54, 1.807) is 19.2 Å². The minimum atomic E-state index is -0.272. The molecule has 2 aromatic carbocycles. The Labute approximate surface area is 164 Å². The van der Waals surface area contributed by atoms with Crippen LogP contribution in [0.2, 0.25) is 0 Å². The average Bonchev–Trinajstić information content (AvgIpc) is 2.71. The van der Waals surface area contributed by atoms with E-state index < -0.39 is 0 Å². The maximum absolute atomic E-state index is 13.6. The molecule has 3 rings (SSSR count). The van der Waals surface area contributed by atoms with Gasteiger partial charge >= 0.3 is 0 Å². The topological polar surface area (TPSA) is 68.8 Å². The van der Waals surface area contributed by atoms with Crippen molar-refractivity contribution in [2.24, 2.45) is 0 Å². The predicted molar refractivity (Wildman–Crippen MR) is 103 cm³/mol. The summed E-state index contributed by atoms with van der Waals surface area (Å²) in [7, 11) is 1.56. The third kappa shape index (κ3) is 4.92. The van der Waals surface area contributed by atoms with Crippen molar-refractivity contribution in [3.8, 4) is 17.2 Å². The summed E-state index contributed by atoms with van der Waals surface area (Å²) in [5.41, 5.74) is 1.83. The molecule has 0 aliphatic carbocycles. The fourth-order valence-electron chi connectivity index (χ4n) is 3.15. The smallest absolute Gasteiger partial charge is 0.257 e. The van der Waals surface area contributed by atoms with Crippen LogP contribution in [0.4, 0.5) is 4.39 Å². The van der Waals surface area contributed by atoms with Gasteiger partial charge in [0.15, 0.2) is 18.1 Å². The lowest BCUT2D eigenvalue weighted by atomic mass is 10.00. The van der Waals surface area contributed by atoms with E-state index in [2.05, 4.69) is 10.6 Å². The first-order chi connectivity index (χ1) is 13.6. The minimum Gasteiger partial charge on any atom is -0.493 e. The molecule has 2 N–H and O–H groups in total. The Balaban J connectivity index is 1.64. The van der Waals surface area contributed by atoms with Crippen LogP contribution in [0.15, 0.2) is 36.4 Å². The fourth-order valence-corrected chi connectivity index (χ4v) is 3.15. The van der Waals surface area contributed by atoms with Crippen LogP contribution in [0.5, 0.6) is 17.2 Å². The first kappa shape index (κ1) is 19.9. The molecular weight excluding hydrogens is 363 g/mol. The van der Waals surface area contributed by atoms with Gasteiger partial charge in [0, 0.05) is 31.1 Å². The molecule has 1 amide bonds. The normalized spacial score (nSPS) is 15.3. The number of rotatable bonds is 8. The van der Waals surface area contributed by atoms with Gasteiger partial charge in [-0.2, -0.15) is 0 Å². The lowest BCUT2D eigenvalue weighted by Gasteiger charge is -2.27. The van der Waals surface area contributed by atoms with Gasteiger partial charge in [0.1, 0.15) is 11.6 Å². The van der Waals surface area contributed by atoms with Crippen molar-refractivity contribution < 1.29 is 23.4 Å². The second-order valence-corrected chi connectivity index (χ2v) is 6.48. The Hall–Kier alpha value is -2.80. The number of amides is 1. The summed E-state index contributed by atoms with van der Waals surface area (Å²) < 4.78 is 30.1. The Morgan fingerprint density at radius 3 is 2.89 bits per heavy atom. The summed E-state index contributed by atoms with van der Waals surface area (Å²) in [6.45, 7) is 3.51. The van der Waals surface area contributed by atoms with Gasteiger partial charge in [-0.1, -0.05) is 6.07 Å². The van der Waals surface area contributed by atoms with Crippen molar-refractivity contribution in [2.45, 2.75) is 25.9 Å². The molecule has 1 heterocycles. The monoisotopic (exact) mass is 388 g/mol. The van der Waals surface area contributed by atoms with Crippen LogP contribution in [0.1, 0.15) is 30.5 Å². The number of likely N-dealkylation sites (N-methyl/N-ethyl adjacent to an activating group) is 1. The van der Waals surface area contributed by atoms with Gasteiger partial charge in [0.2, 0.25) is 0 Å². The van der Waals surface area contributed by atoms with E-state index >= 15 is 0 Å². The van der Waals surface area contributed by atoms with Crippen molar-refractivity contribution in [2.75, 3.05) is 26.9 Å². The van der Waals surface area contributed by atoms with E-state index in [9.17, 15) is 9.18 Å². The molecule has 0 saturated carbocycles. The van der Waals surface area contributed by atoms with Crippen molar-refractivity contribution in [3.05, 3.63) is 53.3 Å². The van der Waals surface area contributed by atoms with Crippen LogP contribution < -0.4 is 24.8 Å². The maximum atomic E-state index is 13.6. The second-order valence-electron chi connectivity index (χ2n) is 6.48. The number of fused-ring (bicyclic) bond motifs is 1. The van der Waals surface area contributed by atoms with Gasteiger partial charge in [-0.25, -0.2) is 4.39 Å². The Morgan fingerprint density at radius 2 is 2.11 bits per heavy atom. The first-order valence-corrected chi connectivity index (χ1v) is 9.32. The zero-order valence-corrected chi connectivity index (χ0v) is 16.1. The molecule has 0 saturated heterocycles. The predicted octanol–water partition coefficient (Wildman–Crippen LogP) is 2.96. The number of carbonyl (C=O) groups excluding carboxylic acids is 1. The van der Waals surface area contributed by atoms with E-state index in [0.717, 1.165) is 23.3 Å². The quantitative estimate of drug-likeness (QED) is 0.728. The van der Waals surface area contributed by atoms with Crippen molar-refractivity contribution in [3.63, 3.8) is 0 Å². The lowest BCUT2D eigenvalue weighted by Crippen LogP contribution is -2.28. The van der Waals surface area contributed by atoms with Crippen LogP contribution in [-0.4, -0.2) is 32.8 Å². The van der Waals surface area contributed by atoms with Crippen LogP contribution in [0.3, 0.4) is 0 Å². The number of methoxy groups -OCH3 is 1. The maximum Gasteiger partial charge on any atom is 0.257 e. The van der Waals surface area contributed by atoms with Gasteiger partial charge in [-0.05, 0) is 42.8 Å². The molecule has 0 fully saturated rings. The highest BCUT2D eigenvalue weighted by molar-refractivity contribution is 5.77. The van der Waals surface area contributed by atoms with Gasteiger partial charge in [-0.3, -0.25) is 4.79 Å². The SMILES string of the molecule is CCNC(=O)COc1ccc(CN[C@@H]2CCOc3ccc(F)cc32)cc1OC. The molecule has 6 nitrogen and oxygen atoms in total. The Bertz CT molecular complexity index is 828. The van der Waals surface area contributed by atoms with E-state index in [0.29, 0.717) is 31.2 Å². The highest BCUT2D eigenvalue weighted by Crippen LogP contribution is 2.33. The molecule has 0 bridgehead atoms. The zero-order valence-electron chi connectivity index (χ0n) is 16.1. The molecule has 2 aromatic rings. The summed E-state index contributed by atoms with van der Waals surface area (Å²) in [6, 6.07) is 10.2. The van der Waals surface area contributed by atoms with Crippen LogP contribution in [-0.2, 0) is 11.3 Å². The van der Waals surface area contributed by atoms with Crippen LogP contribution >= 0.6 is 0 Å². The third-order valence-corrected chi connectivity index (χ3v) is 4.52. The molecule has 0 unspecified atom stereocenters. The summed E-state index contributed by atoms with van der Waals surface area (Å²) in [5.74, 6) is 1.34. The first-order valence-electron chi connectivity index (χ1n) is 9.32. The van der Waals surface area contributed by atoms with Crippen molar-refractivity contribution in [1.29, 1.82) is 0 Å². The number of benzene rings is 2. The molecule has 1 atom stereocenters. The Kier molecular flexibility index (Phi) is 6.71. The van der Waals surface area contributed by atoms with Gasteiger partial charge in [0.05, 0.1) is 13.7 Å². The Morgan fingerprint density at radius 1 is 1.25 bits per heavy atom. The molecule has 28 heavy (non-hydrogen) atoms. The van der Waals surface area contributed by atoms with Crippen LogP contribution in [0.25, 0.3) is 0 Å². The molecule has 0 spiro atoms. The lowest BCUT2D eigenvalue weighted by molar-refractivity contribution is -0.123. The van der Waals surface area contributed by atoms with Gasteiger partial charge in [-0.15, -0.1) is 0 Å². The summed E-state index contributed by atoms with van der Waals surface area (Å²) in [6.07, 6.45) is 0.765. The van der Waals surface area contributed by atoms with Gasteiger partial charge in [0.25, 0.3) is 5.91 Å². The van der Waals surface area contributed by atoms with E-state index in [-0.39, 0.29) is 24.4 Å². The number of halogens is 1. The van der Waals surface area contributed by atoms with Gasteiger partial charge < -0.3 is 24.8 Å². The molecular formula is C21H25FN2O4. The number of hydrogen-bond donors (Lipinski definition) is 2. The molecule has 0 radical (unpaired) electrons. The molecule has 1 aliphatic heterocycles. The fraction of sp³-hybridized carbons (Fsp3) is 0.381. The number of hydrogen-bond acceptors (Lipinski definition) is 5. The number of nitrogens with one attached hydrogen (secondary N) is 2. The molecule has 150 valence electrons. The standard InChI is InChI=1S/C21H25FN2O4/c1-3-23-21(25)13-28-19-6-4-14(10-20(19)26-2)12-24-17-8-9-27-18-7-5-15(22)11-16(17)18/h4-7,10-11,17,24H,3,8-9,12-13H2,1-2H3,(H,23,25)/t17-/m1/s1.